The van der Waals surface area contributed by atoms with Crippen LogP contribution in [0.4, 0.5) is 13.2 Å². The van der Waals surface area contributed by atoms with Gasteiger partial charge in [0.05, 0.1) is 11.8 Å². The van der Waals surface area contributed by atoms with Gasteiger partial charge in [-0.3, -0.25) is 9.48 Å². The number of halogens is 3. The second-order valence-electron chi connectivity index (χ2n) is 5.34. The molecule has 1 aromatic rings. The number of alkyl halides is 3. The van der Waals surface area contributed by atoms with E-state index in [4.69, 9.17) is 0 Å². The second kappa shape index (κ2) is 6.05. The van der Waals surface area contributed by atoms with Crippen molar-refractivity contribution in [2.24, 2.45) is 0 Å². The molecular weight excluding hydrogens is 285 g/mol. The molecule has 0 saturated carbocycles. The van der Waals surface area contributed by atoms with Gasteiger partial charge in [-0.2, -0.15) is 18.3 Å². The van der Waals surface area contributed by atoms with Crippen LogP contribution in [0.2, 0.25) is 0 Å². The molecule has 0 aliphatic carbocycles. The molecule has 0 unspecified atom stereocenters. The average molecular weight is 304 g/mol. The van der Waals surface area contributed by atoms with E-state index in [0.29, 0.717) is 19.6 Å². The molecule has 1 saturated heterocycles. The zero-order chi connectivity index (χ0) is 15.6. The fourth-order valence-corrected chi connectivity index (χ4v) is 2.41. The van der Waals surface area contributed by atoms with Gasteiger partial charge in [0.2, 0.25) is 0 Å². The Bertz CT molecular complexity index is 502. The van der Waals surface area contributed by atoms with Gasteiger partial charge in [-0.25, -0.2) is 0 Å². The topological polar surface area (TPSA) is 50.2 Å². The molecule has 0 bridgehead atoms. The normalized spacial score (nSPS) is 17.1. The maximum atomic E-state index is 13.3. The van der Waals surface area contributed by atoms with Crippen molar-refractivity contribution < 1.29 is 18.0 Å². The molecule has 1 fully saturated rings. The summed E-state index contributed by atoms with van der Waals surface area (Å²) in [6.45, 7) is 5.42. The molecule has 1 aliphatic heterocycles. The predicted octanol–water partition coefficient (Wildman–Crippen LogP) is 1.92. The van der Waals surface area contributed by atoms with Crippen molar-refractivity contribution in [1.82, 2.24) is 20.0 Å². The largest absolute Gasteiger partial charge is 0.433 e. The summed E-state index contributed by atoms with van der Waals surface area (Å²) < 4.78 is 40.7. The zero-order valence-corrected chi connectivity index (χ0v) is 12.1. The van der Waals surface area contributed by atoms with Crippen LogP contribution >= 0.6 is 0 Å². The Morgan fingerprint density at radius 1 is 1.33 bits per heavy atom. The fourth-order valence-electron chi connectivity index (χ4n) is 2.41. The maximum Gasteiger partial charge on any atom is 0.433 e. The van der Waals surface area contributed by atoms with E-state index in [2.05, 4.69) is 10.4 Å². The predicted molar refractivity (Wildman–Crippen MR) is 71.0 cm³/mol. The molecular formula is C13H19F3N4O. The van der Waals surface area contributed by atoms with Crippen LogP contribution in [-0.4, -0.2) is 46.8 Å². The summed E-state index contributed by atoms with van der Waals surface area (Å²) in [7, 11) is 0. The Morgan fingerprint density at radius 2 is 2.05 bits per heavy atom. The first-order valence-corrected chi connectivity index (χ1v) is 6.97. The smallest absolute Gasteiger partial charge is 0.337 e. The number of carbonyl (C=O) groups is 1. The number of nitrogens with one attached hydrogen (secondary N) is 1. The van der Waals surface area contributed by atoms with Gasteiger partial charge in [0, 0.05) is 25.7 Å². The standard InChI is InChI=1S/C13H19F3N4O/c1-9(2)20-11(13(14,15)16)10(8-18-20)12(21)19-6-3-4-17-5-7-19/h8-9,17H,3-7H2,1-2H3. The van der Waals surface area contributed by atoms with Crippen molar-refractivity contribution in [2.75, 3.05) is 26.2 Å². The van der Waals surface area contributed by atoms with Gasteiger partial charge in [0.15, 0.2) is 5.69 Å². The van der Waals surface area contributed by atoms with Crippen molar-refractivity contribution in [2.45, 2.75) is 32.5 Å². The van der Waals surface area contributed by atoms with Crippen LogP contribution < -0.4 is 5.32 Å². The van der Waals surface area contributed by atoms with Crippen molar-refractivity contribution in [3.8, 4) is 0 Å². The minimum absolute atomic E-state index is 0.363. The van der Waals surface area contributed by atoms with Crippen LogP contribution in [0.25, 0.3) is 0 Å². The Morgan fingerprint density at radius 3 is 2.67 bits per heavy atom. The van der Waals surface area contributed by atoms with Crippen LogP contribution in [0, 0.1) is 0 Å². The SMILES string of the molecule is CC(C)n1ncc(C(=O)N2CCCNCC2)c1C(F)(F)F. The molecule has 5 nitrogen and oxygen atoms in total. The Kier molecular flexibility index (Phi) is 4.55. The highest BCUT2D eigenvalue weighted by Crippen LogP contribution is 2.34. The van der Waals surface area contributed by atoms with E-state index in [1.54, 1.807) is 13.8 Å². The molecule has 118 valence electrons. The zero-order valence-electron chi connectivity index (χ0n) is 12.1. The summed E-state index contributed by atoms with van der Waals surface area (Å²) in [6, 6.07) is -0.464. The van der Waals surface area contributed by atoms with E-state index in [-0.39, 0.29) is 5.56 Å². The molecule has 1 N–H and O–H groups in total. The van der Waals surface area contributed by atoms with Crippen LogP contribution in [0.5, 0.6) is 0 Å². The molecule has 1 aliphatic rings. The number of carbonyl (C=O) groups excluding carboxylic acids is 1. The summed E-state index contributed by atoms with van der Waals surface area (Å²) in [4.78, 5) is 13.9. The van der Waals surface area contributed by atoms with Gasteiger partial charge in [0.25, 0.3) is 5.91 Å². The Hall–Kier alpha value is -1.57. The third-order valence-electron chi connectivity index (χ3n) is 3.41. The first-order valence-electron chi connectivity index (χ1n) is 6.97. The molecule has 1 amide bonds. The van der Waals surface area contributed by atoms with Crippen LogP contribution in [0.15, 0.2) is 6.20 Å². The molecule has 0 aromatic carbocycles. The molecule has 1 aromatic heterocycles. The van der Waals surface area contributed by atoms with E-state index in [9.17, 15) is 18.0 Å². The summed E-state index contributed by atoms with van der Waals surface area (Å²) in [5.41, 5.74) is -1.32. The highest BCUT2D eigenvalue weighted by Gasteiger charge is 2.41. The number of aromatic nitrogens is 2. The Balaban J connectivity index is 2.36. The van der Waals surface area contributed by atoms with E-state index in [0.717, 1.165) is 23.8 Å². The van der Waals surface area contributed by atoms with Crippen molar-refractivity contribution in [3.63, 3.8) is 0 Å². The first-order chi connectivity index (χ1) is 9.82. The number of nitrogens with zero attached hydrogens (tertiary/aromatic N) is 3. The summed E-state index contributed by atoms with van der Waals surface area (Å²) in [5, 5.41) is 6.87. The third kappa shape index (κ3) is 3.37. The molecule has 0 spiro atoms. The minimum atomic E-state index is -4.60. The number of amides is 1. The van der Waals surface area contributed by atoms with Gasteiger partial charge in [0.1, 0.15) is 0 Å². The van der Waals surface area contributed by atoms with Crippen molar-refractivity contribution in [3.05, 3.63) is 17.5 Å². The van der Waals surface area contributed by atoms with Gasteiger partial charge < -0.3 is 10.2 Å². The van der Waals surface area contributed by atoms with E-state index < -0.39 is 23.8 Å². The number of rotatable bonds is 2. The molecule has 0 radical (unpaired) electrons. The lowest BCUT2D eigenvalue weighted by molar-refractivity contribution is -0.145. The molecule has 2 rings (SSSR count). The summed E-state index contributed by atoms with van der Waals surface area (Å²) in [6.07, 6.45) is -2.84. The fraction of sp³-hybridized carbons (Fsp3) is 0.692. The van der Waals surface area contributed by atoms with Gasteiger partial charge in [-0.15, -0.1) is 0 Å². The summed E-state index contributed by atoms with van der Waals surface area (Å²) in [5.74, 6) is -0.599. The molecule has 2 heterocycles. The molecule has 0 atom stereocenters. The quantitative estimate of drug-likeness (QED) is 0.908. The lowest BCUT2D eigenvalue weighted by Gasteiger charge is -2.21. The Labute approximate surface area is 121 Å². The van der Waals surface area contributed by atoms with Crippen LogP contribution in [-0.2, 0) is 6.18 Å². The van der Waals surface area contributed by atoms with Crippen molar-refractivity contribution in [1.29, 1.82) is 0 Å². The van der Waals surface area contributed by atoms with Crippen molar-refractivity contribution >= 4 is 5.91 Å². The average Bonchev–Trinajstić information content (AvgIpc) is 2.67. The van der Waals surface area contributed by atoms with E-state index in [1.165, 1.54) is 4.90 Å². The first kappa shape index (κ1) is 15.8. The highest BCUT2D eigenvalue weighted by molar-refractivity contribution is 5.95. The van der Waals surface area contributed by atoms with Crippen LogP contribution in [0.3, 0.4) is 0 Å². The third-order valence-corrected chi connectivity index (χ3v) is 3.41. The number of hydrogen-bond donors (Lipinski definition) is 1. The highest BCUT2D eigenvalue weighted by atomic mass is 19.4. The lowest BCUT2D eigenvalue weighted by atomic mass is 10.2. The van der Waals surface area contributed by atoms with Gasteiger partial charge in [-0.1, -0.05) is 0 Å². The van der Waals surface area contributed by atoms with E-state index in [1.807, 2.05) is 0 Å². The summed E-state index contributed by atoms with van der Waals surface area (Å²) >= 11 is 0. The van der Waals surface area contributed by atoms with Crippen LogP contribution in [0.1, 0.15) is 42.4 Å². The second-order valence-corrected chi connectivity index (χ2v) is 5.34. The van der Waals surface area contributed by atoms with Gasteiger partial charge in [-0.05, 0) is 26.8 Å². The molecule has 21 heavy (non-hydrogen) atoms. The lowest BCUT2D eigenvalue weighted by Crippen LogP contribution is -2.35. The van der Waals surface area contributed by atoms with Gasteiger partial charge >= 0.3 is 6.18 Å². The maximum absolute atomic E-state index is 13.3. The minimum Gasteiger partial charge on any atom is -0.337 e. The number of hydrogen-bond acceptors (Lipinski definition) is 3. The van der Waals surface area contributed by atoms with E-state index >= 15 is 0 Å². The molecule has 8 heteroatoms. The monoisotopic (exact) mass is 304 g/mol.